The molecule has 24 heavy (non-hydrogen) atoms. The van der Waals surface area contributed by atoms with E-state index in [4.69, 9.17) is 9.15 Å². The number of rotatable bonds is 2. The molecule has 2 aromatic carbocycles. The summed E-state index contributed by atoms with van der Waals surface area (Å²) in [6.07, 6.45) is -4.84. The van der Waals surface area contributed by atoms with Gasteiger partial charge in [-0.25, -0.2) is 4.79 Å². The second-order valence-electron chi connectivity index (χ2n) is 5.01. The molecule has 3 aromatic rings. The molecule has 1 aromatic heterocycles. The fraction of sp³-hybridized carbons (Fsp3) is 0.118. The van der Waals surface area contributed by atoms with Crippen LogP contribution in [-0.4, -0.2) is 7.11 Å². The van der Waals surface area contributed by atoms with Gasteiger partial charge in [-0.3, -0.25) is 0 Å². The lowest BCUT2D eigenvalue weighted by Gasteiger charge is -2.14. The zero-order valence-corrected chi connectivity index (χ0v) is 13.9. The molecule has 0 atom stereocenters. The number of methoxy groups -OCH3 is 1. The largest absolute Gasteiger partial charge is 0.497 e. The maximum Gasteiger partial charge on any atom is 0.424 e. The van der Waals surface area contributed by atoms with Crippen LogP contribution in [0.5, 0.6) is 5.75 Å². The molecule has 124 valence electrons. The molecule has 0 amide bonds. The quantitative estimate of drug-likeness (QED) is 0.553. The Labute approximate surface area is 142 Å². The predicted molar refractivity (Wildman–Crippen MR) is 87.2 cm³/mol. The van der Waals surface area contributed by atoms with Crippen molar-refractivity contribution in [3.05, 3.63) is 62.9 Å². The normalized spacial score (nSPS) is 11.7. The van der Waals surface area contributed by atoms with Crippen molar-refractivity contribution >= 4 is 26.9 Å². The molecule has 0 aliphatic heterocycles. The molecule has 0 aliphatic carbocycles. The summed E-state index contributed by atoms with van der Waals surface area (Å²) in [7, 11) is 1.46. The van der Waals surface area contributed by atoms with Crippen LogP contribution in [0.4, 0.5) is 13.2 Å². The molecule has 0 bridgehead atoms. The highest BCUT2D eigenvalue weighted by atomic mass is 79.9. The number of alkyl halides is 3. The summed E-state index contributed by atoms with van der Waals surface area (Å²) in [4.78, 5) is 12.0. The molecular weight excluding hydrogens is 389 g/mol. The third-order valence-electron chi connectivity index (χ3n) is 3.53. The smallest absolute Gasteiger partial charge is 0.424 e. The van der Waals surface area contributed by atoms with Crippen LogP contribution in [-0.2, 0) is 6.18 Å². The maximum atomic E-state index is 13.5. The van der Waals surface area contributed by atoms with E-state index in [2.05, 4.69) is 15.9 Å². The number of halogens is 4. The second-order valence-corrected chi connectivity index (χ2v) is 5.92. The molecular formula is C17H10BrF3O3. The molecule has 3 nitrogen and oxygen atoms in total. The Morgan fingerprint density at radius 2 is 1.75 bits per heavy atom. The molecule has 0 saturated carbocycles. The van der Waals surface area contributed by atoms with E-state index in [0.29, 0.717) is 10.2 Å². The molecule has 3 rings (SSSR count). The molecule has 0 saturated heterocycles. The molecule has 0 aliphatic rings. The topological polar surface area (TPSA) is 39.4 Å². The fourth-order valence-corrected chi connectivity index (χ4v) is 2.85. The van der Waals surface area contributed by atoms with E-state index >= 15 is 0 Å². The monoisotopic (exact) mass is 398 g/mol. The first-order valence-electron chi connectivity index (χ1n) is 6.79. The summed E-state index contributed by atoms with van der Waals surface area (Å²) in [5.41, 5.74) is -2.61. The van der Waals surface area contributed by atoms with Crippen molar-refractivity contribution in [1.29, 1.82) is 0 Å². The van der Waals surface area contributed by atoms with Crippen molar-refractivity contribution in [2.45, 2.75) is 6.18 Å². The van der Waals surface area contributed by atoms with E-state index in [9.17, 15) is 18.0 Å². The predicted octanol–water partition coefficient (Wildman–Crippen LogP) is 5.25. The average molecular weight is 399 g/mol. The highest BCUT2D eigenvalue weighted by Crippen LogP contribution is 2.40. The van der Waals surface area contributed by atoms with Gasteiger partial charge in [0, 0.05) is 15.4 Å². The summed E-state index contributed by atoms with van der Waals surface area (Å²) in [5.74, 6) is 0.501. The SMILES string of the molecule is COc1ccc(-c2c(C(F)(F)F)c(=O)oc3ccc(Br)cc23)cc1. The van der Waals surface area contributed by atoms with Crippen LogP contribution in [0.15, 0.2) is 56.1 Å². The first kappa shape index (κ1) is 16.6. The zero-order chi connectivity index (χ0) is 17.5. The number of ether oxygens (including phenoxy) is 1. The van der Waals surface area contributed by atoms with Gasteiger partial charge in [0.2, 0.25) is 0 Å². The third-order valence-corrected chi connectivity index (χ3v) is 4.02. The summed E-state index contributed by atoms with van der Waals surface area (Å²) in [6, 6.07) is 10.6. The minimum Gasteiger partial charge on any atom is -0.497 e. The Morgan fingerprint density at radius 1 is 1.08 bits per heavy atom. The summed E-state index contributed by atoms with van der Waals surface area (Å²) < 4.78 is 50.9. The maximum absolute atomic E-state index is 13.5. The van der Waals surface area contributed by atoms with Crippen LogP contribution in [0, 0.1) is 0 Å². The van der Waals surface area contributed by atoms with Crippen LogP contribution >= 0.6 is 15.9 Å². The molecule has 7 heteroatoms. The Balaban J connectivity index is 2.44. The van der Waals surface area contributed by atoms with Gasteiger partial charge in [0.25, 0.3) is 0 Å². The highest BCUT2D eigenvalue weighted by Gasteiger charge is 2.39. The van der Waals surface area contributed by atoms with Crippen molar-refractivity contribution in [2.24, 2.45) is 0 Å². The van der Waals surface area contributed by atoms with Crippen LogP contribution in [0.2, 0.25) is 0 Å². The summed E-state index contributed by atoms with van der Waals surface area (Å²) in [6.45, 7) is 0. The molecule has 0 radical (unpaired) electrons. The molecule has 0 unspecified atom stereocenters. The lowest BCUT2D eigenvalue weighted by Crippen LogP contribution is -2.20. The van der Waals surface area contributed by atoms with Gasteiger partial charge >= 0.3 is 11.8 Å². The average Bonchev–Trinajstić information content (AvgIpc) is 2.53. The van der Waals surface area contributed by atoms with Crippen LogP contribution in [0.25, 0.3) is 22.1 Å². The van der Waals surface area contributed by atoms with Crippen LogP contribution in [0.1, 0.15) is 5.56 Å². The number of benzene rings is 2. The Hall–Kier alpha value is -2.28. The standard InChI is InChI=1S/C17H10BrF3O3/c1-23-11-5-2-9(3-6-11)14-12-8-10(18)4-7-13(12)24-16(22)15(14)17(19,20)21/h2-8H,1H3. The van der Waals surface area contributed by atoms with Gasteiger partial charge in [-0.05, 0) is 35.9 Å². The third kappa shape index (κ3) is 2.91. The van der Waals surface area contributed by atoms with Crippen molar-refractivity contribution in [3.63, 3.8) is 0 Å². The van der Waals surface area contributed by atoms with E-state index in [1.807, 2.05) is 0 Å². The minimum atomic E-state index is -4.84. The minimum absolute atomic E-state index is 0.0852. The Morgan fingerprint density at radius 3 is 2.33 bits per heavy atom. The van der Waals surface area contributed by atoms with Crippen LogP contribution in [0.3, 0.4) is 0 Å². The lowest BCUT2D eigenvalue weighted by atomic mass is 9.96. The highest BCUT2D eigenvalue weighted by molar-refractivity contribution is 9.10. The Kier molecular flexibility index (Phi) is 4.13. The van der Waals surface area contributed by atoms with Crippen molar-refractivity contribution < 1.29 is 22.3 Å². The van der Waals surface area contributed by atoms with E-state index in [1.165, 1.54) is 43.5 Å². The summed E-state index contributed by atoms with van der Waals surface area (Å²) in [5, 5.41) is 0.196. The Bertz CT molecular complexity index is 960. The van der Waals surface area contributed by atoms with E-state index in [1.54, 1.807) is 6.07 Å². The molecule has 1 heterocycles. The van der Waals surface area contributed by atoms with Gasteiger partial charge in [0.1, 0.15) is 16.9 Å². The molecule has 0 N–H and O–H groups in total. The fourth-order valence-electron chi connectivity index (χ4n) is 2.49. The van der Waals surface area contributed by atoms with E-state index < -0.39 is 17.4 Å². The van der Waals surface area contributed by atoms with Crippen molar-refractivity contribution in [1.82, 2.24) is 0 Å². The van der Waals surface area contributed by atoms with Gasteiger partial charge < -0.3 is 9.15 Å². The first-order chi connectivity index (χ1) is 11.3. The molecule has 0 fully saturated rings. The van der Waals surface area contributed by atoms with Crippen LogP contribution < -0.4 is 10.4 Å². The number of fused-ring (bicyclic) bond motifs is 1. The van der Waals surface area contributed by atoms with Gasteiger partial charge in [0.05, 0.1) is 7.11 Å². The summed E-state index contributed by atoms with van der Waals surface area (Å²) >= 11 is 3.23. The second kappa shape index (κ2) is 5.98. The van der Waals surface area contributed by atoms with Crippen molar-refractivity contribution in [3.8, 4) is 16.9 Å². The van der Waals surface area contributed by atoms with E-state index in [-0.39, 0.29) is 22.1 Å². The van der Waals surface area contributed by atoms with Gasteiger partial charge in [-0.1, -0.05) is 28.1 Å². The van der Waals surface area contributed by atoms with Gasteiger partial charge in [0.15, 0.2) is 0 Å². The van der Waals surface area contributed by atoms with Gasteiger partial charge in [-0.2, -0.15) is 13.2 Å². The number of hydrogen-bond acceptors (Lipinski definition) is 3. The molecule has 0 spiro atoms. The lowest BCUT2D eigenvalue weighted by molar-refractivity contribution is -0.139. The van der Waals surface area contributed by atoms with Crippen molar-refractivity contribution in [2.75, 3.05) is 7.11 Å². The number of hydrogen-bond donors (Lipinski definition) is 0. The van der Waals surface area contributed by atoms with E-state index in [0.717, 1.165) is 0 Å². The van der Waals surface area contributed by atoms with Gasteiger partial charge in [-0.15, -0.1) is 0 Å². The zero-order valence-electron chi connectivity index (χ0n) is 12.3. The first-order valence-corrected chi connectivity index (χ1v) is 7.58.